The van der Waals surface area contributed by atoms with Gasteiger partial charge in [0.2, 0.25) is 11.9 Å². The highest BCUT2D eigenvalue weighted by molar-refractivity contribution is 7.08. The summed E-state index contributed by atoms with van der Waals surface area (Å²) < 4.78 is 1.62. The topological polar surface area (TPSA) is 101 Å². The lowest BCUT2D eigenvalue weighted by Gasteiger charge is -2.19. The van der Waals surface area contributed by atoms with Gasteiger partial charge in [0.25, 0.3) is 5.91 Å². The van der Waals surface area contributed by atoms with Crippen LogP contribution in [0.15, 0.2) is 16.8 Å². The number of nitrogens with one attached hydrogen (secondary N) is 3. The number of hydrogen-bond donors (Lipinski definition) is 3. The smallest absolute Gasteiger partial charge is 0.252 e. The SMILES string of the molecule is Cn1nc(C2CCNCC2)nc1NC(=O)CCCNC(=O)c1ccsc1. The molecule has 9 heteroatoms. The first-order valence-electron chi connectivity index (χ1n) is 8.85. The van der Waals surface area contributed by atoms with Gasteiger partial charge in [-0.3, -0.25) is 14.9 Å². The lowest BCUT2D eigenvalue weighted by Crippen LogP contribution is -2.27. The average molecular weight is 376 g/mol. The Bertz CT molecular complexity index is 737. The number of piperidine rings is 1. The van der Waals surface area contributed by atoms with Crippen LogP contribution in [0.5, 0.6) is 0 Å². The number of carbonyl (C=O) groups excluding carboxylic acids is 2. The van der Waals surface area contributed by atoms with E-state index in [0.717, 1.165) is 31.8 Å². The summed E-state index contributed by atoms with van der Waals surface area (Å²) in [6, 6.07) is 1.78. The fourth-order valence-corrected chi connectivity index (χ4v) is 3.54. The molecular formula is C17H24N6O2S. The van der Waals surface area contributed by atoms with E-state index in [9.17, 15) is 9.59 Å². The fraction of sp³-hybridized carbons (Fsp3) is 0.529. The van der Waals surface area contributed by atoms with Gasteiger partial charge in [-0.25, -0.2) is 4.68 Å². The van der Waals surface area contributed by atoms with Crippen LogP contribution in [-0.4, -0.2) is 46.2 Å². The summed E-state index contributed by atoms with van der Waals surface area (Å²) in [5.74, 6) is 1.40. The number of rotatable bonds is 7. The molecule has 1 saturated heterocycles. The maximum Gasteiger partial charge on any atom is 0.252 e. The van der Waals surface area contributed by atoms with Crippen molar-refractivity contribution in [3.05, 3.63) is 28.2 Å². The Morgan fingerprint density at radius 2 is 2.19 bits per heavy atom. The Kier molecular flexibility index (Phi) is 6.35. The standard InChI is InChI=1S/C17H24N6O2S/c1-23-17(21-15(22-23)12-4-8-18-9-5-12)20-14(24)3-2-7-19-16(25)13-6-10-26-11-13/h6,10-12,18H,2-5,7-9H2,1H3,(H,19,25)(H,20,21,22,24). The summed E-state index contributed by atoms with van der Waals surface area (Å²) in [7, 11) is 1.79. The molecule has 1 aliphatic heterocycles. The van der Waals surface area contributed by atoms with Gasteiger partial charge in [-0.15, -0.1) is 0 Å². The maximum absolute atomic E-state index is 12.1. The minimum absolute atomic E-state index is 0.105. The molecule has 3 rings (SSSR count). The van der Waals surface area contributed by atoms with E-state index in [1.165, 1.54) is 11.3 Å². The molecule has 3 heterocycles. The van der Waals surface area contributed by atoms with Crippen molar-refractivity contribution in [2.75, 3.05) is 25.0 Å². The molecular weight excluding hydrogens is 352 g/mol. The highest BCUT2D eigenvalue weighted by Gasteiger charge is 2.21. The minimum Gasteiger partial charge on any atom is -0.352 e. The first-order chi connectivity index (χ1) is 12.6. The van der Waals surface area contributed by atoms with Crippen molar-refractivity contribution >= 4 is 29.1 Å². The molecule has 0 aromatic carbocycles. The lowest BCUT2D eigenvalue weighted by atomic mass is 9.98. The Morgan fingerprint density at radius 3 is 2.92 bits per heavy atom. The Morgan fingerprint density at radius 1 is 1.38 bits per heavy atom. The molecule has 1 aliphatic rings. The van der Waals surface area contributed by atoms with Gasteiger partial charge < -0.3 is 10.6 Å². The van der Waals surface area contributed by atoms with Crippen LogP contribution in [0.25, 0.3) is 0 Å². The molecule has 2 amide bonds. The highest BCUT2D eigenvalue weighted by Crippen LogP contribution is 2.23. The molecule has 2 aromatic heterocycles. The molecule has 140 valence electrons. The second kappa shape index (κ2) is 8.91. The highest BCUT2D eigenvalue weighted by atomic mass is 32.1. The zero-order chi connectivity index (χ0) is 18.4. The zero-order valence-corrected chi connectivity index (χ0v) is 15.6. The van der Waals surface area contributed by atoms with E-state index in [1.807, 2.05) is 5.38 Å². The predicted octanol–water partition coefficient (Wildman–Crippen LogP) is 1.49. The van der Waals surface area contributed by atoms with Gasteiger partial charge in [0.1, 0.15) is 0 Å². The first kappa shape index (κ1) is 18.5. The van der Waals surface area contributed by atoms with Gasteiger partial charge in [0.05, 0.1) is 0 Å². The van der Waals surface area contributed by atoms with Gasteiger partial charge in [-0.05, 0) is 43.8 Å². The third-order valence-corrected chi connectivity index (χ3v) is 5.07. The molecule has 0 aliphatic carbocycles. The molecule has 3 N–H and O–H groups in total. The van der Waals surface area contributed by atoms with Gasteiger partial charge in [-0.1, -0.05) is 0 Å². The molecule has 0 saturated carbocycles. The van der Waals surface area contributed by atoms with Gasteiger partial charge >= 0.3 is 0 Å². The van der Waals surface area contributed by atoms with Crippen molar-refractivity contribution in [3.63, 3.8) is 0 Å². The summed E-state index contributed by atoms with van der Waals surface area (Å²) in [6.45, 7) is 2.41. The summed E-state index contributed by atoms with van der Waals surface area (Å²) in [6.07, 6.45) is 2.92. The molecule has 2 aromatic rings. The third-order valence-electron chi connectivity index (χ3n) is 4.38. The van der Waals surface area contributed by atoms with Crippen molar-refractivity contribution in [1.29, 1.82) is 0 Å². The van der Waals surface area contributed by atoms with Crippen LogP contribution in [0, 0.1) is 0 Å². The average Bonchev–Trinajstić information content (AvgIpc) is 3.30. The number of anilines is 1. The summed E-state index contributed by atoms with van der Waals surface area (Å²) in [5, 5.41) is 17.0. The van der Waals surface area contributed by atoms with Crippen LogP contribution in [0.2, 0.25) is 0 Å². The van der Waals surface area contributed by atoms with Gasteiger partial charge in [-0.2, -0.15) is 21.4 Å². The summed E-state index contributed by atoms with van der Waals surface area (Å²) in [5.41, 5.74) is 0.656. The van der Waals surface area contributed by atoms with Crippen LogP contribution in [0.4, 0.5) is 5.95 Å². The van der Waals surface area contributed by atoms with Crippen LogP contribution >= 0.6 is 11.3 Å². The summed E-state index contributed by atoms with van der Waals surface area (Å²) in [4.78, 5) is 28.4. The summed E-state index contributed by atoms with van der Waals surface area (Å²) >= 11 is 1.48. The van der Waals surface area contributed by atoms with Gasteiger partial charge in [0, 0.05) is 36.9 Å². The van der Waals surface area contributed by atoms with E-state index in [4.69, 9.17) is 0 Å². The molecule has 0 unspecified atom stereocenters. The van der Waals surface area contributed by atoms with E-state index >= 15 is 0 Å². The molecule has 0 radical (unpaired) electrons. The molecule has 0 spiro atoms. The molecule has 8 nitrogen and oxygen atoms in total. The minimum atomic E-state index is -0.123. The van der Waals surface area contributed by atoms with Crippen molar-refractivity contribution in [2.45, 2.75) is 31.6 Å². The second-order valence-electron chi connectivity index (χ2n) is 6.36. The number of carbonyl (C=O) groups is 2. The Labute approximate surface area is 156 Å². The predicted molar refractivity (Wildman–Crippen MR) is 100 cm³/mol. The van der Waals surface area contributed by atoms with Crippen molar-refractivity contribution < 1.29 is 9.59 Å². The normalized spacial score (nSPS) is 15.0. The van der Waals surface area contributed by atoms with Crippen molar-refractivity contribution in [2.24, 2.45) is 7.05 Å². The van der Waals surface area contributed by atoms with Crippen LogP contribution in [-0.2, 0) is 11.8 Å². The number of thiophene rings is 1. The second-order valence-corrected chi connectivity index (χ2v) is 7.14. The Hall–Kier alpha value is -2.26. The number of amides is 2. The molecule has 26 heavy (non-hydrogen) atoms. The third kappa shape index (κ3) is 4.89. The maximum atomic E-state index is 12.1. The number of hydrogen-bond acceptors (Lipinski definition) is 6. The van der Waals surface area contributed by atoms with E-state index in [-0.39, 0.29) is 11.8 Å². The van der Waals surface area contributed by atoms with E-state index in [2.05, 4.69) is 26.0 Å². The van der Waals surface area contributed by atoms with E-state index in [1.54, 1.807) is 23.2 Å². The number of aryl methyl sites for hydroxylation is 1. The number of aromatic nitrogens is 3. The lowest BCUT2D eigenvalue weighted by molar-refractivity contribution is -0.116. The molecule has 0 bridgehead atoms. The van der Waals surface area contributed by atoms with Crippen LogP contribution in [0.1, 0.15) is 47.8 Å². The zero-order valence-electron chi connectivity index (χ0n) is 14.8. The van der Waals surface area contributed by atoms with Crippen molar-refractivity contribution in [3.8, 4) is 0 Å². The fourth-order valence-electron chi connectivity index (χ4n) is 2.90. The van der Waals surface area contributed by atoms with Crippen LogP contribution in [0.3, 0.4) is 0 Å². The molecule has 1 fully saturated rings. The van der Waals surface area contributed by atoms with Crippen LogP contribution < -0.4 is 16.0 Å². The monoisotopic (exact) mass is 376 g/mol. The first-order valence-corrected chi connectivity index (χ1v) is 9.79. The largest absolute Gasteiger partial charge is 0.352 e. The van der Waals surface area contributed by atoms with Gasteiger partial charge in [0.15, 0.2) is 5.82 Å². The van der Waals surface area contributed by atoms with E-state index < -0.39 is 0 Å². The Balaban J connectivity index is 1.41. The molecule has 0 atom stereocenters. The number of nitrogens with zero attached hydrogens (tertiary/aromatic N) is 3. The van der Waals surface area contributed by atoms with Crippen molar-refractivity contribution in [1.82, 2.24) is 25.4 Å². The quantitative estimate of drug-likeness (QED) is 0.636. The van der Waals surface area contributed by atoms with E-state index in [0.29, 0.717) is 36.8 Å².